The van der Waals surface area contributed by atoms with Crippen LogP contribution in [0.5, 0.6) is 0 Å². The quantitative estimate of drug-likeness (QED) is 0.657. The molecule has 104 valence electrons. The molecule has 0 unspecified atom stereocenters. The van der Waals surface area contributed by atoms with Gasteiger partial charge in [-0.1, -0.05) is 0 Å². The predicted octanol–water partition coefficient (Wildman–Crippen LogP) is 2.92. The molecule has 2 heterocycles. The van der Waals surface area contributed by atoms with Crippen LogP contribution in [0.25, 0.3) is 6.08 Å². The van der Waals surface area contributed by atoms with E-state index in [1.165, 1.54) is 17.4 Å². The molecular weight excluding hydrogens is 274 g/mol. The van der Waals surface area contributed by atoms with Crippen LogP contribution in [-0.2, 0) is 11.2 Å². The van der Waals surface area contributed by atoms with Crippen molar-refractivity contribution in [2.24, 2.45) is 0 Å². The third-order valence-corrected chi connectivity index (χ3v) is 3.90. The van der Waals surface area contributed by atoms with Crippen LogP contribution in [0.15, 0.2) is 41.2 Å². The number of carbonyl (C=O) groups excluding carboxylic acids is 2. The summed E-state index contributed by atoms with van der Waals surface area (Å²) in [6.45, 7) is 2.10. The Kier molecular flexibility index (Phi) is 4.90. The predicted molar refractivity (Wildman–Crippen MR) is 78.8 cm³/mol. The molecule has 1 N–H and O–H groups in total. The first-order chi connectivity index (χ1) is 9.65. The third kappa shape index (κ3) is 4.20. The van der Waals surface area contributed by atoms with Crippen molar-refractivity contribution in [1.82, 2.24) is 5.32 Å². The van der Waals surface area contributed by atoms with Gasteiger partial charge in [-0.15, -0.1) is 11.3 Å². The average Bonchev–Trinajstić information content (AvgIpc) is 3.07. The number of nitrogens with one attached hydrogen (secondary N) is 1. The lowest BCUT2D eigenvalue weighted by Gasteiger charge is -1.99. The lowest BCUT2D eigenvalue weighted by Crippen LogP contribution is -2.23. The molecule has 0 saturated heterocycles. The Morgan fingerprint density at radius 2 is 2.20 bits per heavy atom. The monoisotopic (exact) mass is 289 g/mol. The van der Waals surface area contributed by atoms with E-state index in [1.807, 2.05) is 12.1 Å². The van der Waals surface area contributed by atoms with Gasteiger partial charge in [-0.3, -0.25) is 9.59 Å². The van der Waals surface area contributed by atoms with Crippen LogP contribution in [0, 0.1) is 0 Å². The van der Waals surface area contributed by atoms with Crippen molar-refractivity contribution in [2.75, 3.05) is 6.54 Å². The lowest BCUT2D eigenvalue weighted by molar-refractivity contribution is -0.116. The smallest absolute Gasteiger partial charge is 0.244 e. The summed E-state index contributed by atoms with van der Waals surface area (Å²) in [5.74, 6) is -0.0668. The van der Waals surface area contributed by atoms with Crippen LogP contribution in [0.4, 0.5) is 0 Å². The Balaban J connectivity index is 1.75. The second-order valence-electron chi connectivity index (χ2n) is 4.25. The van der Waals surface area contributed by atoms with E-state index in [2.05, 4.69) is 5.32 Å². The topological polar surface area (TPSA) is 59.3 Å². The molecule has 0 fully saturated rings. The molecule has 5 heteroatoms. The number of hydrogen-bond acceptors (Lipinski definition) is 4. The fourth-order valence-electron chi connectivity index (χ4n) is 1.61. The molecule has 0 spiro atoms. The standard InChI is InChI=1S/C15H15NO3S/c1-11(17)14-4-3-13(20-14)6-8-16-15(18)5-2-12-7-9-19-10-12/h2-5,7,9-10H,6,8H2,1H3,(H,16,18)/b5-2+. The van der Waals surface area contributed by atoms with E-state index < -0.39 is 0 Å². The first-order valence-corrected chi connectivity index (χ1v) is 7.04. The van der Waals surface area contributed by atoms with Crippen LogP contribution in [0.3, 0.4) is 0 Å². The molecule has 2 aromatic rings. The summed E-state index contributed by atoms with van der Waals surface area (Å²) < 4.78 is 4.90. The number of ketones is 1. The minimum atomic E-state index is -0.144. The number of carbonyl (C=O) groups is 2. The first kappa shape index (κ1) is 14.3. The highest BCUT2D eigenvalue weighted by Gasteiger charge is 2.04. The van der Waals surface area contributed by atoms with Crippen molar-refractivity contribution in [3.05, 3.63) is 52.1 Å². The maximum Gasteiger partial charge on any atom is 0.244 e. The zero-order valence-electron chi connectivity index (χ0n) is 11.1. The molecule has 2 aromatic heterocycles. The maximum absolute atomic E-state index is 11.6. The van der Waals surface area contributed by atoms with E-state index in [0.29, 0.717) is 6.54 Å². The fraction of sp³-hybridized carbons (Fsp3) is 0.200. The Hall–Kier alpha value is -2.14. The van der Waals surface area contributed by atoms with Gasteiger partial charge < -0.3 is 9.73 Å². The van der Waals surface area contributed by atoms with Crippen molar-refractivity contribution < 1.29 is 14.0 Å². The molecule has 2 rings (SSSR count). The summed E-state index contributed by atoms with van der Waals surface area (Å²) >= 11 is 1.47. The number of furan rings is 1. The fourth-order valence-corrected chi connectivity index (χ4v) is 2.51. The van der Waals surface area contributed by atoms with E-state index in [4.69, 9.17) is 4.42 Å². The molecule has 0 saturated carbocycles. The molecule has 0 aliphatic heterocycles. The Morgan fingerprint density at radius 1 is 1.35 bits per heavy atom. The molecular formula is C15H15NO3S. The molecule has 0 aromatic carbocycles. The van der Waals surface area contributed by atoms with E-state index in [0.717, 1.165) is 21.7 Å². The Morgan fingerprint density at radius 3 is 2.85 bits per heavy atom. The molecule has 0 aliphatic rings. The summed E-state index contributed by atoms with van der Waals surface area (Å²) in [4.78, 5) is 24.6. The Bertz CT molecular complexity index is 611. The van der Waals surface area contributed by atoms with Crippen LogP contribution >= 0.6 is 11.3 Å². The van der Waals surface area contributed by atoms with Crippen LogP contribution in [0.2, 0.25) is 0 Å². The van der Waals surface area contributed by atoms with Gasteiger partial charge >= 0.3 is 0 Å². The van der Waals surface area contributed by atoms with Crippen molar-refractivity contribution >= 4 is 29.1 Å². The number of rotatable bonds is 6. The third-order valence-electron chi connectivity index (χ3n) is 2.65. The van der Waals surface area contributed by atoms with Crippen LogP contribution in [-0.4, -0.2) is 18.2 Å². The number of thiophene rings is 1. The van der Waals surface area contributed by atoms with Gasteiger partial charge in [0.2, 0.25) is 5.91 Å². The van der Waals surface area contributed by atoms with E-state index in [1.54, 1.807) is 31.6 Å². The summed E-state index contributed by atoms with van der Waals surface area (Å²) in [5, 5.41) is 2.80. The lowest BCUT2D eigenvalue weighted by atomic mass is 10.3. The second kappa shape index (κ2) is 6.86. The largest absolute Gasteiger partial charge is 0.472 e. The highest BCUT2D eigenvalue weighted by Crippen LogP contribution is 2.17. The summed E-state index contributed by atoms with van der Waals surface area (Å²) in [7, 11) is 0. The van der Waals surface area contributed by atoms with Gasteiger partial charge in [0, 0.05) is 23.1 Å². The normalized spacial score (nSPS) is 10.8. The van der Waals surface area contributed by atoms with Crippen molar-refractivity contribution in [3.8, 4) is 0 Å². The summed E-state index contributed by atoms with van der Waals surface area (Å²) in [5.41, 5.74) is 0.851. The second-order valence-corrected chi connectivity index (χ2v) is 5.42. The Labute approximate surface area is 121 Å². The van der Waals surface area contributed by atoms with Gasteiger partial charge in [0.1, 0.15) is 0 Å². The molecule has 20 heavy (non-hydrogen) atoms. The van der Waals surface area contributed by atoms with Gasteiger partial charge in [0.15, 0.2) is 5.78 Å². The van der Waals surface area contributed by atoms with E-state index >= 15 is 0 Å². The van der Waals surface area contributed by atoms with Crippen molar-refractivity contribution in [3.63, 3.8) is 0 Å². The number of hydrogen-bond donors (Lipinski definition) is 1. The number of Topliss-reactive ketones (excluding diaryl/α,β-unsaturated/α-hetero) is 1. The minimum Gasteiger partial charge on any atom is -0.472 e. The highest BCUT2D eigenvalue weighted by molar-refractivity contribution is 7.14. The average molecular weight is 289 g/mol. The van der Waals surface area contributed by atoms with Gasteiger partial charge in [-0.05, 0) is 37.6 Å². The van der Waals surface area contributed by atoms with Crippen LogP contribution in [0.1, 0.15) is 27.0 Å². The number of amides is 1. The van der Waals surface area contributed by atoms with Gasteiger partial charge in [0.25, 0.3) is 0 Å². The zero-order valence-corrected chi connectivity index (χ0v) is 11.9. The molecule has 0 bridgehead atoms. The highest BCUT2D eigenvalue weighted by atomic mass is 32.1. The van der Waals surface area contributed by atoms with Gasteiger partial charge in [-0.25, -0.2) is 0 Å². The van der Waals surface area contributed by atoms with Gasteiger partial charge in [0.05, 0.1) is 17.4 Å². The maximum atomic E-state index is 11.6. The zero-order chi connectivity index (χ0) is 14.4. The minimum absolute atomic E-state index is 0.0772. The van der Waals surface area contributed by atoms with Crippen molar-refractivity contribution in [1.29, 1.82) is 0 Å². The first-order valence-electron chi connectivity index (χ1n) is 6.23. The summed E-state index contributed by atoms with van der Waals surface area (Å²) in [6, 6.07) is 5.52. The molecule has 0 atom stereocenters. The van der Waals surface area contributed by atoms with Crippen LogP contribution < -0.4 is 5.32 Å². The molecule has 0 radical (unpaired) electrons. The molecule has 1 amide bonds. The molecule has 4 nitrogen and oxygen atoms in total. The van der Waals surface area contributed by atoms with Gasteiger partial charge in [-0.2, -0.15) is 0 Å². The summed E-state index contributed by atoms with van der Waals surface area (Å²) in [6.07, 6.45) is 7.01. The van der Waals surface area contributed by atoms with E-state index in [9.17, 15) is 9.59 Å². The SMILES string of the molecule is CC(=O)c1ccc(CCNC(=O)/C=C/c2ccoc2)s1. The van der Waals surface area contributed by atoms with E-state index in [-0.39, 0.29) is 11.7 Å². The van der Waals surface area contributed by atoms with Crippen molar-refractivity contribution in [2.45, 2.75) is 13.3 Å². The molecule has 0 aliphatic carbocycles.